The average molecular weight is 564 g/mol. The standard InChI is InChI=1S/C29H24F3N5O2S/c1-18-11-12-22(13-19(18)2)33-27(38)24-16-39-26(34-24)17-40-28-36-35-25(14-20-7-4-3-5-8-20)37(28)23-10-6-9-21(15-23)29(30,31)32/h3-13,15-16H,14,17H2,1-2H3,(H,33,38). The van der Waals surface area contributed by atoms with E-state index >= 15 is 0 Å². The Kier molecular flexibility index (Phi) is 7.74. The monoisotopic (exact) mass is 563 g/mol. The molecule has 0 radical (unpaired) electrons. The maximum absolute atomic E-state index is 13.5. The van der Waals surface area contributed by atoms with Crippen molar-refractivity contribution in [3.8, 4) is 5.69 Å². The van der Waals surface area contributed by atoms with E-state index in [1.807, 2.05) is 62.4 Å². The number of anilines is 1. The Balaban J connectivity index is 1.37. The number of oxazole rings is 1. The third-order valence-electron chi connectivity index (χ3n) is 6.21. The van der Waals surface area contributed by atoms with E-state index in [1.165, 1.54) is 24.1 Å². The predicted molar refractivity (Wildman–Crippen MR) is 146 cm³/mol. The van der Waals surface area contributed by atoms with Crippen LogP contribution in [0.1, 0.15) is 44.5 Å². The Bertz CT molecular complexity index is 1650. The van der Waals surface area contributed by atoms with Crippen molar-refractivity contribution in [2.75, 3.05) is 5.32 Å². The van der Waals surface area contributed by atoms with Gasteiger partial charge >= 0.3 is 6.18 Å². The molecule has 11 heteroatoms. The minimum absolute atomic E-state index is 0.109. The molecule has 0 saturated carbocycles. The summed E-state index contributed by atoms with van der Waals surface area (Å²) in [7, 11) is 0. The lowest BCUT2D eigenvalue weighted by molar-refractivity contribution is -0.137. The van der Waals surface area contributed by atoms with Gasteiger partial charge < -0.3 is 9.73 Å². The summed E-state index contributed by atoms with van der Waals surface area (Å²) < 4.78 is 47.5. The van der Waals surface area contributed by atoms with Gasteiger partial charge in [-0.3, -0.25) is 9.36 Å². The highest BCUT2D eigenvalue weighted by molar-refractivity contribution is 7.98. The van der Waals surface area contributed by atoms with Crippen LogP contribution in [0.2, 0.25) is 0 Å². The van der Waals surface area contributed by atoms with Crippen molar-refractivity contribution in [1.29, 1.82) is 0 Å². The van der Waals surface area contributed by atoms with Crippen molar-refractivity contribution in [2.24, 2.45) is 0 Å². The quantitative estimate of drug-likeness (QED) is 0.204. The van der Waals surface area contributed by atoms with Crippen LogP contribution in [0.5, 0.6) is 0 Å². The highest BCUT2D eigenvalue weighted by Crippen LogP contribution is 2.32. The number of aryl methyl sites for hydroxylation is 2. The SMILES string of the molecule is Cc1ccc(NC(=O)c2coc(CSc3nnc(Cc4ccccc4)n3-c3cccc(C(F)(F)F)c3)n2)cc1C. The average Bonchev–Trinajstić information content (AvgIpc) is 3.57. The molecule has 1 N–H and O–H groups in total. The number of hydrogen-bond acceptors (Lipinski definition) is 6. The molecule has 0 aliphatic heterocycles. The lowest BCUT2D eigenvalue weighted by atomic mass is 10.1. The van der Waals surface area contributed by atoms with Gasteiger partial charge in [-0.2, -0.15) is 13.2 Å². The number of carbonyl (C=O) groups excluding carboxylic acids is 1. The summed E-state index contributed by atoms with van der Waals surface area (Å²) in [6, 6.07) is 20.1. The number of nitrogens with zero attached hydrogens (tertiary/aromatic N) is 4. The second-order valence-electron chi connectivity index (χ2n) is 9.11. The van der Waals surface area contributed by atoms with Gasteiger partial charge in [-0.1, -0.05) is 54.2 Å². The Labute approximate surface area is 232 Å². The molecular weight excluding hydrogens is 539 g/mol. The number of rotatable bonds is 8. The number of nitrogens with one attached hydrogen (secondary N) is 1. The molecule has 1 amide bonds. The Hall–Kier alpha value is -4.38. The maximum atomic E-state index is 13.5. The molecule has 0 fully saturated rings. The molecule has 3 aromatic carbocycles. The van der Waals surface area contributed by atoms with E-state index in [2.05, 4.69) is 20.5 Å². The summed E-state index contributed by atoms with van der Waals surface area (Å²) >= 11 is 1.19. The van der Waals surface area contributed by atoms with Gasteiger partial charge in [0, 0.05) is 12.1 Å². The predicted octanol–water partition coefficient (Wildman–Crippen LogP) is 7.03. The molecule has 0 spiro atoms. The van der Waals surface area contributed by atoms with Gasteiger partial charge in [-0.05, 0) is 60.9 Å². The number of carbonyl (C=O) groups is 1. The zero-order valence-electron chi connectivity index (χ0n) is 21.6. The van der Waals surface area contributed by atoms with E-state index in [0.717, 1.165) is 28.8 Å². The van der Waals surface area contributed by atoms with Crippen LogP contribution >= 0.6 is 11.8 Å². The number of alkyl halides is 3. The first-order chi connectivity index (χ1) is 19.2. The molecule has 5 rings (SSSR count). The zero-order valence-corrected chi connectivity index (χ0v) is 22.4. The molecule has 7 nitrogen and oxygen atoms in total. The van der Waals surface area contributed by atoms with Crippen LogP contribution in [0, 0.1) is 13.8 Å². The zero-order chi connectivity index (χ0) is 28.3. The normalized spacial score (nSPS) is 11.5. The lowest BCUT2D eigenvalue weighted by Gasteiger charge is -2.13. The summed E-state index contributed by atoms with van der Waals surface area (Å²) in [5, 5.41) is 11.7. The van der Waals surface area contributed by atoms with Crippen LogP contribution in [-0.4, -0.2) is 25.7 Å². The molecule has 5 aromatic rings. The van der Waals surface area contributed by atoms with Gasteiger partial charge in [-0.15, -0.1) is 10.2 Å². The van der Waals surface area contributed by atoms with E-state index in [0.29, 0.717) is 23.1 Å². The topological polar surface area (TPSA) is 85.8 Å². The van der Waals surface area contributed by atoms with Crippen molar-refractivity contribution in [2.45, 2.75) is 37.4 Å². The van der Waals surface area contributed by atoms with Gasteiger partial charge in [0.05, 0.1) is 17.0 Å². The van der Waals surface area contributed by atoms with Gasteiger partial charge in [0.1, 0.15) is 12.1 Å². The van der Waals surface area contributed by atoms with Crippen molar-refractivity contribution in [3.63, 3.8) is 0 Å². The van der Waals surface area contributed by atoms with Gasteiger partial charge in [0.2, 0.25) is 5.89 Å². The van der Waals surface area contributed by atoms with E-state index in [4.69, 9.17) is 4.42 Å². The molecule has 2 heterocycles. The van der Waals surface area contributed by atoms with Crippen LogP contribution in [0.4, 0.5) is 18.9 Å². The largest absolute Gasteiger partial charge is 0.447 e. The molecule has 40 heavy (non-hydrogen) atoms. The summed E-state index contributed by atoms with van der Waals surface area (Å²) in [6.45, 7) is 3.95. The molecule has 0 atom stereocenters. The van der Waals surface area contributed by atoms with Crippen LogP contribution in [0.25, 0.3) is 5.69 Å². The molecular formula is C29H24F3N5O2S. The minimum atomic E-state index is -4.50. The molecule has 0 unspecified atom stereocenters. The molecule has 204 valence electrons. The van der Waals surface area contributed by atoms with Crippen LogP contribution < -0.4 is 5.32 Å². The fourth-order valence-corrected chi connectivity index (χ4v) is 4.81. The fraction of sp³-hybridized carbons (Fsp3) is 0.172. The van der Waals surface area contributed by atoms with E-state index in [-0.39, 0.29) is 23.0 Å². The Morgan fingerprint density at radius 1 is 0.975 bits per heavy atom. The van der Waals surface area contributed by atoms with Gasteiger partial charge in [-0.25, -0.2) is 4.98 Å². The third kappa shape index (κ3) is 6.26. The van der Waals surface area contributed by atoms with Crippen molar-refractivity contribution < 1.29 is 22.4 Å². The highest BCUT2D eigenvalue weighted by Gasteiger charge is 2.31. The van der Waals surface area contributed by atoms with Gasteiger partial charge in [0.15, 0.2) is 10.9 Å². The first kappa shape index (κ1) is 27.2. The highest BCUT2D eigenvalue weighted by atomic mass is 32.2. The molecule has 0 saturated heterocycles. The van der Waals surface area contributed by atoms with E-state index in [9.17, 15) is 18.0 Å². The number of halogens is 3. The summed E-state index contributed by atoms with van der Waals surface area (Å²) in [4.78, 5) is 16.9. The number of aromatic nitrogens is 4. The maximum Gasteiger partial charge on any atom is 0.416 e. The number of benzene rings is 3. The van der Waals surface area contributed by atoms with Gasteiger partial charge in [0.25, 0.3) is 5.91 Å². The van der Waals surface area contributed by atoms with Crippen LogP contribution in [-0.2, 0) is 18.3 Å². The summed E-state index contributed by atoms with van der Waals surface area (Å²) in [5.41, 5.74) is 3.37. The van der Waals surface area contributed by atoms with E-state index in [1.54, 1.807) is 10.6 Å². The Morgan fingerprint density at radius 2 is 1.77 bits per heavy atom. The minimum Gasteiger partial charge on any atom is -0.447 e. The van der Waals surface area contributed by atoms with Crippen molar-refractivity contribution >= 4 is 23.4 Å². The van der Waals surface area contributed by atoms with Crippen molar-refractivity contribution in [3.05, 3.63) is 119 Å². The fourth-order valence-electron chi connectivity index (χ4n) is 3.99. The van der Waals surface area contributed by atoms with Crippen LogP contribution in [0.15, 0.2) is 88.6 Å². The molecule has 0 aliphatic rings. The van der Waals surface area contributed by atoms with Crippen LogP contribution in [0.3, 0.4) is 0 Å². The molecule has 0 bridgehead atoms. The lowest BCUT2D eigenvalue weighted by Crippen LogP contribution is -2.12. The molecule has 0 aliphatic carbocycles. The molecule has 2 aromatic heterocycles. The number of hydrogen-bond donors (Lipinski definition) is 1. The first-order valence-corrected chi connectivity index (χ1v) is 13.3. The third-order valence-corrected chi connectivity index (χ3v) is 7.12. The Morgan fingerprint density at radius 3 is 2.52 bits per heavy atom. The second-order valence-corrected chi connectivity index (χ2v) is 10.1. The number of thioether (sulfide) groups is 1. The second kappa shape index (κ2) is 11.4. The number of amides is 1. The first-order valence-electron chi connectivity index (χ1n) is 12.3. The van der Waals surface area contributed by atoms with E-state index < -0.39 is 17.6 Å². The van der Waals surface area contributed by atoms with Crippen molar-refractivity contribution in [1.82, 2.24) is 19.7 Å². The smallest absolute Gasteiger partial charge is 0.416 e. The summed E-state index contributed by atoms with van der Waals surface area (Å²) in [6.07, 6.45) is -2.86. The summed E-state index contributed by atoms with van der Waals surface area (Å²) in [5.74, 6) is 0.507.